The fourth-order valence-electron chi connectivity index (χ4n) is 2.64. The quantitative estimate of drug-likeness (QED) is 0.465. The molecule has 9 heteroatoms. The zero-order valence-corrected chi connectivity index (χ0v) is 14.2. The molecule has 0 saturated carbocycles. The van der Waals surface area contributed by atoms with E-state index in [1.807, 2.05) is 0 Å². The third kappa shape index (κ3) is 3.99. The van der Waals surface area contributed by atoms with Gasteiger partial charge < -0.3 is 19.9 Å². The molecule has 0 aromatic heterocycles. The number of nitriles is 1. The average molecular weight is 359 g/mol. The number of nitrogens with one attached hydrogen (secondary N) is 1. The molecule has 0 aliphatic carbocycles. The first kappa shape index (κ1) is 19.0. The highest BCUT2D eigenvalue weighted by atomic mass is 16.7. The molecule has 0 fully saturated rings. The van der Waals surface area contributed by atoms with Crippen LogP contribution in [-0.4, -0.2) is 29.4 Å². The highest BCUT2D eigenvalue weighted by Crippen LogP contribution is 2.39. The monoisotopic (exact) mass is 359 g/mol. The maximum Gasteiger partial charge on any atom is 0.513 e. The fourth-order valence-corrected chi connectivity index (χ4v) is 2.64. The molecule has 0 amide bonds. The number of non-ortho nitro benzene ring substituents is 1. The number of nitro benzene ring substituents is 1. The van der Waals surface area contributed by atoms with E-state index in [1.165, 1.54) is 18.2 Å². The number of hydrogen-bond donors (Lipinski definition) is 2. The third-order valence-corrected chi connectivity index (χ3v) is 3.74. The number of rotatable bonds is 5. The second kappa shape index (κ2) is 8.13. The van der Waals surface area contributed by atoms with Crippen LogP contribution < -0.4 is 5.32 Å². The van der Waals surface area contributed by atoms with Crippen molar-refractivity contribution in [2.24, 2.45) is 0 Å². The zero-order chi connectivity index (χ0) is 19.3. The van der Waals surface area contributed by atoms with Gasteiger partial charge in [0.05, 0.1) is 34.8 Å². The van der Waals surface area contributed by atoms with Crippen molar-refractivity contribution in [1.82, 2.24) is 5.32 Å². The van der Waals surface area contributed by atoms with Gasteiger partial charge in [0, 0.05) is 17.8 Å². The van der Waals surface area contributed by atoms with Crippen LogP contribution in [0.2, 0.25) is 0 Å². The molecule has 26 heavy (non-hydrogen) atoms. The van der Waals surface area contributed by atoms with Gasteiger partial charge in [0.2, 0.25) is 0 Å². The van der Waals surface area contributed by atoms with E-state index in [0.29, 0.717) is 17.0 Å². The summed E-state index contributed by atoms with van der Waals surface area (Å²) >= 11 is 0. The van der Waals surface area contributed by atoms with E-state index >= 15 is 0 Å². The Balaban J connectivity index is 2.49. The molecule has 2 N–H and O–H groups in total. The van der Waals surface area contributed by atoms with Gasteiger partial charge in [0.15, 0.2) is 0 Å². The molecule has 1 unspecified atom stereocenters. The summed E-state index contributed by atoms with van der Waals surface area (Å²) in [5.41, 5.74) is 1.58. The number of hydrogen-bond acceptors (Lipinski definition) is 8. The summed E-state index contributed by atoms with van der Waals surface area (Å²) in [5.74, 6) is -0.696. The lowest BCUT2D eigenvalue weighted by molar-refractivity contribution is -0.384. The van der Waals surface area contributed by atoms with E-state index in [4.69, 9.17) is 14.6 Å². The maximum absolute atomic E-state index is 11.8. The maximum atomic E-state index is 11.8. The van der Waals surface area contributed by atoms with Crippen LogP contribution in [0.4, 0.5) is 10.5 Å². The second-order valence-electron chi connectivity index (χ2n) is 5.47. The minimum atomic E-state index is -1.04. The third-order valence-electron chi connectivity index (χ3n) is 3.74. The Kier molecular flexibility index (Phi) is 5.93. The van der Waals surface area contributed by atoms with Crippen molar-refractivity contribution in [2.75, 3.05) is 13.2 Å². The predicted octanol–water partition coefficient (Wildman–Crippen LogP) is 2.46. The van der Waals surface area contributed by atoms with Crippen molar-refractivity contribution in [3.8, 4) is 6.07 Å². The summed E-state index contributed by atoms with van der Waals surface area (Å²) in [6.07, 6.45) is -1.04. The number of aliphatic hydroxyl groups excluding tert-OH is 1. The van der Waals surface area contributed by atoms with E-state index < -0.39 is 17.0 Å². The molecule has 1 atom stereocenters. The number of carbonyl (C=O) groups is 1. The number of allylic oxidation sites excluding steroid dienone is 3. The molecule has 1 aliphatic heterocycles. The SMILES string of the molecule is CC1=C(C#N)C(c2cccc([N+](=O)[O-])c2)C(OC(=O)OCCO)=C(C)N1. The number of dihydropyridines is 1. The van der Waals surface area contributed by atoms with Crippen molar-refractivity contribution < 1.29 is 24.3 Å². The minimum Gasteiger partial charge on any atom is -0.432 e. The Bertz CT molecular complexity index is 837. The van der Waals surface area contributed by atoms with Gasteiger partial charge in [-0.25, -0.2) is 4.79 Å². The molecular weight excluding hydrogens is 342 g/mol. The summed E-state index contributed by atoms with van der Waals surface area (Å²) in [7, 11) is 0. The van der Waals surface area contributed by atoms with Crippen LogP contribution in [-0.2, 0) is 9.47 Å². The highest BCUT2D eigenvalue weighted by molar-refractivity contribution is 5.63. The second-order valence-corrected chi connectivity index (χ2v) is 5.47. The molecule has 2 rings (SSSR count). The molecule has 0 spiro atoms. The van der Waals surface area contributed by atoms with Crippen LogP contribution >= 0.6 is 0 Å². The number of benzene rings is 1. The van der Waals surface area contributed by atoms with Crippen LogP contribution in [0, 0.1) is 21.4 Å². The summed E-state index contributed by atoms with van der Waals surface area (Å²) in [6, 6.07) is 7.83. The van der Waals surface area contributed by atoms with Gasteiger partial charge >= 0.3 is 6.16 Å². The van der Waals surface area contributed by atoms with Gasteiger partial charge in [-0.05, 0) is 19.4 Å². The van der Waals surface area contributed by atoms with E-state index in [1.54, 1.807) is 19.9 Å². The standard InChI is InChI=1S/C17H17N3O6/c1-10-14(9-18)15(12-4-3-5-13(8-12)20(23)24)16(11(2)19-10)26-17(22)25-7-6-21/h3-5,8,15,19,21H,6-7H2,1-2H3. The predicted molar refractivity (Wildman–Crippen MR) is 89.5 cm³/mol. The van der Waals surface area contributed by atoms with Crippen LogP contribution in [0.25, 0.3) is 0 Å². The molecule has 1 heterocycles. The van der Waals surface area contributed by atoms with E-state index in [9.17, 15) is 20.2 Å². The van der Waals surface area contributed by atoms with Gasteiger partial charge in [-0.3, -0.25) is 10.1 Å². The largest absolute Gasteiger partial charge is 0.513 e. The van der Waals surface area contributed by atoms with Gasteiger partial charge in [-0.2, -0.15) is 5.26 Å². The lowest BCUT2D eigenvalue weighted by Gasteiger charge is -2.28. The normalized spacial score (nSPS) is 16.6. The number of nitro groups is 1. The lowest BCUT2D eigenvalue weighted by Crippen LogP contribution is -2.27. The van der Waals surface area contributed by atoms with Crippen molar-refractivity contribution in [3.63, 3.8) is 0 Å². The molecule has 1 aromatic carbocycles. The lowest BCUT2D eigenvalue weighted by atomic mass is 9.85. The molecule has 0 bridgehead atoms. The Labute approximate surface area is 149 Å². The van der Waals surface area contributed by atoms with Crippen LogP contribution in [0.5, 0.6) is 0 Å². The summed E-state index contributed by atoms with van der Waals surface area (Å²) in [6.45, 7) is 2.74. The minimum absolute atomic E-state index is 0.107. The highest BCUT2D eigenvalue weighted by Gasteiger charge is 2.33. The molecule has 0 saturated heterocycles. The molecule has 1 aromatic rings. The smallest absolute Gasteiger partial charge is 0.432 e. The van der Waals surface area contributed by atoms with E-state index in [0.717, 1.165) is 0 Å². The Hall–Kier alpha value is -3.38. The van der Waals surface area contributed by atoms with Crippen molar-refractivity contribution in [1.29, 1.82) is 5.26 Å². The topological polar surface area (TPSA) is 135 Å². The van der Waals surface area contributed by atoms with Crippen LogP contribution in [0.3, 0.4) is 0 Å². The summed E-state index contributed by atoms with van der Waals surface area (Å²) in [4.78, 5) is 22.3. The first-order valence-corrected chi connectivity index (χ1v) is 7.67. The van der Waals surface area contributed by atoms with Gasteiger partial charge in [-0.1, -0.05) is 12.1 Å². The van der Waals surface area contributed by atoms with Gasteiger partial charge in [0.1, 0.15) is 12.4 Å². The van der Waals surface area contributed by atoms with Gasteiger partial charge in [0.25, 0.3) is 5.69 Å². The summed E-state index contributed by atoms with van der Waals surface area (Å²) < 4.78 is 9.95. The first-order chi connectivity index (χ1) is 12.4. The number of ether oxygens (including phenoxy) is 2. The van der Waals surface area contributed by atoms with Crippen molar-refractivity contribution in [3.05, 3.63) is 62.7 Å². The molecule has 0 radical (unpaired) electrons. The average Bonchev–Trinajstić information content (AvgIpc) is 2.61. The molecule has 1 aliphatic rings. The summed E-state index contributed by atoms with van der Waals surface area (Å²) in [5, 5.41) is 32.3. The Morgan fingerprint density at radius 2 is 2.15 bits per heavy atom. The number of nitrogens with zero attached hydrogens (tertiary/aromatic N) is 2. The van der Waals surface area contributed by atoms with Crippen LogP contribution in [0.15, 0.2) is 47.0 Å². The molecule has 136 valence electrons. The molecule has 9 nitrogen and oxygen atoms in total. The molecular formula is C17H17N3O6. The first-order valence-electron chi connectivity index (χ1n) is 7.67. The fraction of sp³-hybridized carbons (Fsp3) is 0.294. The van der Waals surface area contributed by atoms with E-state index in [2.05, 4.69) is 11.4 Å². The zero-order valence-electron chi connectivity index (χ0n) is 14.2. The number of aliphatic hydroxyl groups is 1. The van der Waals surface area contributed by atoms with Gasteiger partial charge in [-0.15, -0.1) is 0 Å². The van der Waals surface area contributed by atoms with Crippen molar-refractivity contribution in [2.45, 2.75) is 19.8 Å². The van der Waals surface area contributed by atoms with Crippen LogP contribution in [0.1, 0.15) is 25.3 Å². The number of carbonyl (C=O) groups excluding carboxylic acids is 1. The van der Waals surface area contributed by atoms with E-state index in [-0.39, 0.29) is 30.2 Å². The Morgan fingerprint density at radius 1 is 1.42 bits per heavy atom. The van der Waals surface area contributed by atoms with Crippen molar-refractivity contribution >= 4 is 11.8 Å². The Morgan fingerprint density at radius 3 is 2.77 bits per heavy atom.